The van der Waals surface area contributed by atoms with Crippen LogP contribution in [0.25, 0.3) is 0 Å². The van der Waals surface area contributed by atoms with Gasteiger partial charge in [-0.2, -0.15) is 0 Å². The lowest BCUT2D eigenvalue weighted by atomic mass is 10.2. The molecule has 0 aliphatic rings. The molecule has 0 saturated carbocycles. The van der Waals surface area contributed by atoms with Crippen molar-refractivity contribution in [3.05, 3.63) is 95.0 Å². The molecule has 3 rings (SSSR count). The maximum Gasteiger partial charge on any atom is 0.264 e. The van der Waals surface area contributed by atoms with Gasteiger partial charge in [0, 0.05) is 32.9 Å². The number of hydrogen-bond acceptors (Lipinski definition) is 4. The van der Waals surface area contributed by atoms with Crippen molar-refractivity contribution < 1.29 is 17.9 Å². The lowest BCUT2D eigenvalue weighted by molar-refractivity contribution is 0.0779. The second-order valence-corrected chi connectivity index (χ2v) is 9.82. The molecule has 6 nitrogen and oxygen atoms in total. The van der Waals surface area contributed by atoms with Crippen LogP contribution < -0.4 is 4.31 Å². The van der Waals surface area contributed by atoms with E-state index in [1.165, 1.54) is 16.4 Å². The minimum Gasteiger partial charge on any atom is -0.385 e. The van der Waals surface area contributed by atoms with Crippen LogP contribution in [-0.2, 0) is 21.3 Å². The predicted octanol–water partition coefficient (Wildman–Crippen LogP) is 4.84. The lowest BCUT2D eigenvalue weighted by Gasteiger charge is -2.26. The van der Waals surface area contributed by atoms with Gasteiger partial charge in [-0.15, -0.1) is 0 Å². The average molecular weight is 487 g/mol. The maximum absolute atomic E-state index is 13.8. The zero-order chi connectivity index (χ0) is 23.8. The van der Waals surface area contributed by atoms with Crippen LogP contribution in [0.3, 0.4) is 0 Å². The van der Waals surface area contributed by atoms with Gasteiger partial charge in [-0.25, -0.2) is 8.42 Å². The monoisotopic (exact) mass is 486 g/mol. The van der Waals surface area contributed by atoms with E-state index in [9.17, 15) is 13.2 Å². The van der Waals surface area contributed by atoms with Crippen molar-refractivity contribution in [3.63, 3.8) is 0 Å². The van der Waals surface area contributed by atoms with E-state index in [0.717, 1.165) is 5.56 Å². The van der Waals surface area contributed by atoms with Crippen LogP contribution >= 0.6 is 11.6 Å². The first-order chi connectivity index (χ1) is 15.8. The summed E-state index contributed by atoms with van der Waals surface area (Å²) in [5.41, 5.74) is 1.48. The third kappa shape index (κ3) is 6.13. The van der Waals surface area contributed by atoms with E-state index in [1.54, 1.807) is 55.5 Å². The van der Waals surface area contributed by atoms with Gasteiger partial charge in [-0.05, 0) is 42.3 Å². The van der Waals surface area contributed by atoms with Crippen LogP contribution in [0.1, 0.15) is 22.3 Å². The van der Waals surface area contributed by atoms with E-state index < -0.39 is 10.0 Å². The molecular formula is C25H27ClN2O4S. The summed E-state index contributed by atoms with van der Waals surface area (Å²) in [7, 11) is -0.727. The normalized spacial score (nSPS) is 11.2. The Balaban J connectivity index is 1.97. The molecule has 3 aromatic carbocycles. The molecule has 0 spiro atoms. The van der Waals surface area contributed by atoms with Crippen LogP contribution in [0.5, 0.6) is 0 Å². The highest BCUT2D eigenvalue weighted by molar-refractivity contribution is 7.92. The Hall–Kier alpha value is -2.87. The zero-order valence-electron chi connectivity index (χ0n) is 18.6. The van der Waals surface area contributed by atoms with Crippen molar-refractivity contribution in [2.75, 3.05) is 31.6 Å². The highest BCUT2D eigenvalue weighted by atomic mass is 35.5. The van der Waals surface area contributed by atoms with Crippen molar-refractivity contribution in [3.8, 4) is 0 Å². The van der Waals surface area contributed by atoms with Crippen LogP contribution in [0.2, 0.25) is 5.02 Å². The Morgan fingerprint density at radius 3 is 2.36 bits per heavy atom. The van der Waals surface area contributed by atoms with Gasteiger partial charge in [0.25, 0.3) is 15.9 Å². The predicted molar refractivity (Wildman–Crippen MR) is 131 cm³/mol. The van der Waals surface area contributed by atoms with Crippen molar-refractivity contribution in [2.45, 2.75) is 17.9 Å². The van der Waals surface area contributed by atoms with E-state index in [4.69, 9.17) is 16.3 Å². The summed E-state index contributed by atoms with van der Waals surface area (Å²) in [6.07, 6.45) is 0.689. The van der Waals surface area contributed by atoms with Gasteiger partial charge >= 0.3 is 0 Å². The summed E-state index contributed by atoms with van der Waals surface area (Å²) in [5, 5.41) is 0.321. The summed E-state index contributed by atoms with van der Waals surface area (Å²) < 4.78 is 33.9. The number of sulfonamides is 1. The molecule has 0 aliphatic heterocycles. The number of carbonyl (C=O) groups excluding carboxylic acids is 1. The fourth-order valence-corrected chi connectivity index (χ4v) is 5.19. The number of rotatable bonds is 10. The summed E-state index contributed by atoms with van der Waals surface area (Å²) in [6.45, 7) is 1.14. The van der Waals surface area contributed by atoms with Crippen LogP contribution in [-0.4, -0.2) is 46.5 Å². The van der Waals surface area contributed by atoms with E-state index in [-0.39, 0.29) is 17.3 Å². The molecule has 0 heterocycles. The number of hydrogen-bond donors (Lipinski definition) is 0. The smallest absolute Gasteiger partial charge is 0.264 e. The molecule has 0 N–H and O–H groups in total. The van der Waals surface area contributed by atoms with Crippen LogP contribution in [0.4, 0.5) is 5.69 Å². The summed E-state index contributed by atoms with van der Waals surface area (Å²) in [5.74, 6) is -0.254. The number of halogens is 1. The van der Waals surface area contributed by atoms with Crippen molar-refractivity contribution in [2.24, 2.45) is 0 Å². The summed E-state index contributed by atoms with van der Waals surface area (Å²) in [4.78, 5) is 14.4. The molecule has 0 aromatic heterocycles. The molecule has 0 fully saturated rings. The minimum absolute atomic E-state index is 0.0227. The number of amides is 1. The highest BCUT2D eigenvalue weighted by Gasteiger charge is 2.28. The molecule has 33 heavy (non-hydrogen) atoms. The molecular weight excluding hydrogens is 460 g/mol. The van der Waals surface area contributed by atoms with Gasteiger partial charge in [0.05, 0.1) is 22.2 Å². The first kappa shape index (κ1) is 24.8. The van der Waals surface area contributed by atoms with Gasteiger partial charge in [-0.3, -0.25) is 9.10 Å². The largest absolute Gasteiger partial charge is 0.385 e. The van der Waals surface area contributed by atoms with Crippen LogP contribution in [0.15, 0.2) is 83.8 Å². The lowest BCUT2D eigenvalue weighted by Crippen LogP contribution is -2.31. The van der Waals surface area contributed by atoms with Gasteiger partial charge in [0.15, 0.2) is 0 Å². The number of ether oxygens (including phenoxy) is 1. The number of benzene rings is 3. The first-order valence-electron chi connectivity index (χ1n) is 10.5. The number of anilines is 1. The molecule has 0 radical (unpaired) electrons. The maximum atomic E-state index is 13.8. The molecule has 1 amide bonds. The van der Waals surface area contributed by atoms with E-state index in [2.05, 4.69) is 0 Å². The Morgan fingerprint density at radius 2 is 1.67 bits per heavy atom. The average Bonchev–Trinajstić information content (AvgIpc) is 2.83. The highest BCUT2D eigenvalue weighted by Crippen LogP contribution is 2.32. The molecule has 0 unspecified atom stereocenters. The SMILES string of the molecule is COCCCN(C)C(=O)c1cccc(S(=O)(=O)N(Cc2ccccc2)c2ccccc2Cl)c1. The Kier molecular flexibility index (Phi) is 8.49. The Bertz CT molecular complexity index is 1190. The molecule has 3 aromatic rings. The fraction of sp³-hybridized carbons (Fsp3) is 0.240. The second kappa shape index (κ2) is 11.3. The number of nitrogens with zero attached hydrogens (tertiary/aromatic N) is 2. The van der Waals surface area contributed by atoms with E-state index in [0.29, 0.717) is 35.8 Å². The molecule has 174 valence electrons. The van der Waals surface area contributed by atoms with Crippen LogP contribution in [0, 0.1) is 0 Å². The zero-order valence-corrected chi connectivity index (χ0v) is 20.2. The minimum atomic E-state index is -4.02. The summed E-state index contributed by atoms with van der Waals surface area (Å²) >= 11 is 6.39. The molecule has 0 aliphatic carbocycles. The third-order valence-electron chi connectivity index (χ3n) is 5.15. The van der Waals surface area contributed by atoms with Gasteiger partial charge in [0.2, 0.25) is 0 Å². The number of carbonyl (C=O) groups is 1. The first-order valence-corrected chi connectivity index (χ1v) is 12.3. The quantitative estimate of drug-likeness (QED) is 0.384. The summed E-state index contributed by atoms with van der Waals surface area (Å²) in [6, 6.07) is 22.2. The molecule has 0 saturated heterocycles. The molecule has 0 bridgehead atoms. The third-order valence-corrected chi connectivity index (χ3v) is 7.22. The van der Waals surface area contributed by atoms with Gasteiger partial charge in [-0.1, -0.05) is 60.1 Å². The Morgan fingerprint density at radius 1 is 0.970 bits per heavy atom. The van der Waals surface area contributed by atoms with Crippen molar-refractivity contribution in [1.29, 1.82) is 0 Å². The number of para-hydroxylation sites is 1. The standard InChI is InChI=1S/C25H27ClN2O4S/c1-27(16-9-17-32-2)25(29)21-12-8-13-22(18-21)33(30,31)28(19-20-10-4-3-5-11-20)24-15-7-6-14-23(24)26/h3-8,10-15,18H,9,16-17,19H2,1-2H3. The van der Waals surface area contributed by atoms with Gasteiger partial charge in [0.1, 0.15) is 0 Å². The molecule has 0 atom stereocenters. The topological polar surface area (TPSA) is 66.9 Å². The van der Waals surface area contributed by atoms with Crippen molar-refractivity contribution >= 4 is 33.2 Å². The second-order valence-electron chi connectivity index (χ2n) is 7.55. The van der Waals surface area contributed by atoms with Crippen molar-refractivity contribution in [1.82, 2.24) is 4.90 Å². The van der Waals surface area contributed by atoms with E-state index in [1.807, 2.05) is 30.3 Å². The Labute approximate surface area is 200 Å². The van der Waals surface area contributed by atoms with Gasteiger partial charge < -0.3 is 9.64 Å². The fourth-order valence-electron chi connectivity index (χ4n) is 3.39. The number of methoxy groups -OCH3 is 1. The van der Waals surface area contributed by atoms with E-state index >= 15 is 0 Å². The molecule has 8 heteroatoms.